The van der Waals surface area contributed by atoms with E-state index in [2.05, 4.69) is 50.6 Å². The highest BCUT2D eigenvalue weighted by molar-refractivity contribution is 9.10. The van der Waals surface area contributed by atoms with Crippen molar-refractivity contribution in [2.45, 2.75) is 6.54 Å². The number of nitrogens with zero attached hydrogens (tertiary/aromatic N) is 3. The Kier molecular flexibility index (Phi) is 4.02. The average molecular weight is 412 g/mol. The van der Waals surface area contributed by atoms with Crippen LogP contribution in [0.5, 0.6) is 5.75 Å². The maximum Gasteiger partial charge on any atom is 0.123 e. The molecule has 0 spiro atoms. The van der Waals surface area contributed by atoms with Crippen molar-refractivity contribution < 1.29 is 4.74 Å². The van der Waals surface area contributed by atoms with Gasteiger partial charge in [0.1, 0.15) is 11.6 Å². The lowest BCUT2D eigenvalue weighted by Gasteiger charge is -2.19. The van der Waals surface area contributed by atoms with E-state index in [9.17, 15) is 0 Å². The minimum absolute atomic E-state index is 0.725. The molecule has 1 aromatic heterocycles. The van der Waals surface area contributed by atoms with Crippen molar-refractivity contribution in [3.8, 4) is 5.75 Å². The molecule has 0 radical (unpaired) electrons. The van der Waals surface area contributed by atoms with E-state index in [0.717, 1.165) is 52.5 Å². The summed E-state index contributed by atoms with van der Waals surface area (Å²) in [5.41, 5.74) is 2.26. The van der Waals surface area contributed by atoms with E-state index in [1.54, 1.807) is 0 Å². The van der Waals surface area contributed by atoms with Crippen LogP contribution in [0.2, 0.25) is 0 Å². The van der Waals surface area contributed by atoms with Gasteiger partial charge in [0.2, 0.25) is 0 Å². The molecule has 2 atom stereocenters. The van der Waals surface area contributed by atoms with Gasteiger partial charge in [0.15, 0.2) is 0 Å². The first-order chi connectivity index (χ1) is 12.7. The van der Waals surface area contributed by atoms with Gasteiger partial charge >= 0.3 is 0 Å². The third kappa shape index (κ3) is 2.93. The predicted molar refractivity (Wildman–Crippen MR) is 106 cm³/mol. The van der Waals surface area contributed by atoms with Crippen LogP contribution in [-0.4, -0.2) is 34.1 Å². The van der Waals surface area contributed by atoms with E-state index in [4.69, 9.17) is 9.72 Å². The summed E-state index contributed by atoms with van der Waals surface area (Å²) in [6, 6.07) is 16.4. The Balaban J connectivity index is 1.19. The first-order valence-corrected chi connectivity index (χ1v) is 9.99. The maximum atomic E-state index is 5.95. The zero-order valence-corrected chi connectivity index (χ0v) is 16.4. The molecule has 134 valence electrons. The van der Waals surface area contributed by atoms with Crippen LogP contribution in [-0.2, 0) is 13.6 Å². The zero-order chi connectivity index (χ0) is 17.7. The van der Waals surface area contributed by atoms with E-state index >= 15 is 0 Å². The molecule has 2 unspecified atom stereocenters. The molecule has 1 saturated carbocycles. The largest absolute Gasteiger partial charge is 0.493 e. The lowest BCUT2D eigenvalue weighted by atomic mass is 10.2. The quantitative estimate of drug-likeness (QED) is 0.633. The topological polar surface area (TPSA) is 30.3 Å². The summed E-state index contributed by atoms with van der Waals surface area (Å²) in [4.78, 5) is 7.37. The SMILES string of the molecule is Cn1c(CN2CC3C(COc4ccccc4)C3C2)nc2ccc(Br)cc21. The van der Waals surface area contributed by atoms with E-state index < -0.39 is 0 Å². The fourth-order valence-corrected chi connectivity index (χ4v) is 4.73. The Morgan fingerprint density at radius 3 is 2.65 bits per heavy atom. The van der Waals surface area contributed by atoms with Crippen molar-refractivity contribution >= 4 is 27.0 Å². The van der Waals surface area contributed by atoms with Crippen LogP contribution in [0.1, 0.15) is 5.82 Å². The molecule has 0 N–H and O–H groups in total. The Hall–Kier alpha value is -1.85. The van der Waals surface area contributed by atoms with Crippen LogP contribution in [0.25, 0.3) is 11.0 Å². The summed E-state index contributed by atoms with van der Waals surface area (Å²) in [6.45, 7) is 4.12. The number of rotatable bonds is 5. The van der Waals surface area contributed by atoms with Crippen LogP contribution in [0, 0.1) is 17.8 Å². The first kappa shape index (κ1) is 16.3. The van der Waals surface area contributed by atoms with E-state index in [-0.39, 0.29) is 0 Å². The molecule has 2 aliphatic rings. The molecule has 1 aliphatic heterocycles. The molecule has 26 heavy (non-hydrogen) atoms. The van der Waals surface area contributed by atoms with Crippen LogP contribution >= 0.6 is 15.9 Å². The number of para-hydroxylation sites is 1. The molecule has 1 saturated heterocycles. The van der Waals surface area contributed by atoms with Crippen LogP contribution in [0.4, 0.5) is 0 Å². The van der Waals surface area contributed by atoms with E-state index in [1.165, 1.54) is 18.6 Å². The number of aryl methyl sites for hydroxylation is 1. The Morgan fingerprint density at radius 1 is 1.12 bits per heavy atom. The standard InChI is InChI=1S/C21H22BrN3O/c1-24-20-9-14(22)7-8-19(20)23-21(24)12-25-10-16-17(11-25)18(16)13-26-15-5-3-2-4-6-15/h2-9,16-18H,10-13H2,1H3. The fourth-order valence-electron chi connectivity index (χ4n) is 4.38. The number of imidazole rings is 1. The maximum absolute atomic E-state index is 5.95. The van der Waals surface area contributed by atoms with Crippen molar-refractivity contribution in [3.05, 3.63) is 58.8 Å². The van der Waals surface area contributed by atoms with Gasteiger partial charge in [-0.05, 0) is 42.2 Å². The number of ether oxygens (including phenoxy) is 1. The summed E-state index contributed by atoms with van der Waals surface area (Å²) < 4.78 is 9.27. The Morgan fingerprint density at radius 2 is 1.88 bits per heavy atom. The second-order valence-corrected chi connectivity index (χ2v) is 8.45. The van der Waals surface area contributed by atoms with Gasteiger partial charge in [0.05, 0.1) is 24.2 Å². The van der Waals surface area contributed by atoms with Crippen LogP contribution in [0.3, 0.4) is 0 Å². The normalized spacial score (nSPS) is 24.8. The van der Waals surface area contributed by atoms with Crippen molar-refractivity contribution in [1.82, 2.24) is 14.5 Å². The smallest absolute Gasteiger partial charge is 0.123 e. The first-order valence-electron chi connectivity index (χ1n) is 9.20. The minimum Gasteiger partial charge on any atom is -0.493 e. The van der Waals surface area contributed by atoms with Crippen molar-refractivity contribution in [2.75, 3.05) is 19.7 Å². The number of halogens is 1. The Bertz CT molecular complexity index is 927. The molecule has 2 heterocycles. The monoisotopic (exact) mass is 411 g/mol. The number of hydrogen-bond donors (Lipinski definition) is 0. The number of likely N-dealkylation sites (tertiary alicyclic amines) is 1. The molecule has 4 nitrogen and oxygen atoms in total. The summed E-state index contributed by atoms with van der Waals surface area (Å²) in [6.07, 6.45) is 0. The van der Waals surface area contributed by atoms with Gasteiger partial charge < -0.3 is 9.30 Å². The lowest BCUT2D eigenvalue weighted by molar-refractivity contribution is 0.226. The van der Waals surface area contributed by atoms with Gasteiger partial charge in [-0.1, -0.05) is 34.1 Å². The predicted octanol–water partition coefficient (Wildman–Crippen LogP) is 4.09. The second kappa shape index (κ2) is 6.39. The van der Waals surface area contributed by atoms with Gasteiger partial charge in [0, 0.05) is 30.5 Å². The van der Waals surface area contributed by atoms with E-state index in [0.29, 0.717) is 0 Å². The summed E-state index contributed by atoms with van der Waals surface area (Å²) in [7, 11) is 2.12. The molecular formula is C21H22BrN3O. The molecule has 0 amide bonds. The molecule has 0 bridgehead atoms. The van der Waals surface area contributed by atoms with Gasteiger partial charge in [-0.25, -0.2) is 4.98 Å². The molecule has 1 aliphatic carbocycles. The fraction of sp³-hybridized carbons (Fsp3) is 0.381. The highest BCUT2D eigenvalue weighted by Crippen LogP contribution is 2.52. The highest BCUT2D eigenvalue weighted by atomic mass is 79.9. The van der Waals surface area contributed by atoms with Crippen molar-refractivity contribution in [2.24, 2.45) is 24.8 Å². The summed E-state index contributed by atoms with van der Waals surface area (Å²) >= 11 is 3.55. The summed E-state index contributed by atoms with van der Waals surface area (Å²) in [5.74, 6) is 4.45. The molecule has 3 aromatic rings. The number of aromatic nitrogens is 2. The molecule has 2 aromatic carbocycles. The van der Waals surface area contributed by atoms with Crippen LogP contribution < -0.4 is 4.74 Å². The number of fused-ring (bicyclic) bond motifs is 2. The van der Waals surface area contributed by atoms with Gasteiger partial charge in [-0.2, -0.15) is 0 Å². The molecule has 5 rings (SSSR count). The third-order valence-corrected chi connectivity index (χ3v) is 6.43. The van der Waals surface area contributed by atoms with E-state index in [1.807, 2.05) is 30.3 Å². The van der Waals surface area contributed by atoms with Gasteiger partial charge in [-0.15, -0.1) is 0 Å². The average Bonchev–Trinajstić information content (AvgIpc) is 2.97. The van der Waals surface area contributed by atoms with Gasteiger partial charge in [0.25, 0.3) is 0 Å². The number of piperidine rings is 1. The number of hydrogen-bond acceptors (Lipinski definition) is 3. The van der Waals surface area contributed by atoms with Crippen LogP contribution in [0.15, 0.2) is 53.0 Å². The van der Waals surface area contributed by atoms with Crippen molar-refractivity contribution in [3.63, 3.8) is 0 Å². The number of benzene rings is 2. The summed E-state index contributed by atoms with van der Waals surface area (Å²) in [5, 5.41) is 0. The molecule has 5 heteroatoms. The zero-order valence-electron chi connectivity index (χ0n) is 14.8. The third-order valence-electron chi connectivity index (χ3n) is 5.93. The molecular weight excluding hydrogens is 390 g/mol. The van der Waals surface area contributed by atoms with Crippen molar-refractivity contribution in [1.29, 1.82) is 0 Å². The Labute approximate surface area is 161 Å². The molecule has 2 fully saturated rings. The minimum atomic E-state index is 0.725. The highest BCUT2D eigenvalue weighted by Gasteiger charge is 2.55. The lowest BCUT2D eigenvalue weighted by Crippen LogP contribution is -2.26. The second-order valence-electron chi connectivity index (χ2n) is 7.53. The van der Waals surface area contributed by atoms with Gasteiger partial charge in [-0.3, -0.25) is 4.90 Å².